The number of aromatic nitrogens is 2. The first kappa shape index (κ1) is 16.2. The third kappa shape index (κ3) is 4.21. The Balaban J connectivity index is 1.59. The zero-order valence-electron chi connectivity index (χ0n) is 13.4. The van der Waals surface area contributed by atoms with Gasteiger partial charge in [0.1, 0.15) is 11.6 Å². The minimum absolute atomic E-state index is 0.0597. The number of nitrogens with two attached hydrogens (primary N) is 1. The van der Waals surface area contributed by atoms with Gasteiger partial charge in [-0.2, -0.15) is 9.97 Å². The highest BCUT2D eigenvalue weighted by molar-refractivity contribution is 5.52. The fourth-order valence-electron chi connectivity index (χ4n) is 3.29. The summed E-state index contributed by atoms with van der Waals surface area (Å²) in [5, 5.41) is 12.0. The number of piperidine rings is 1. The molecule has 1 aromatic rings. The molecule has 0 spiro atoms. The van der Waals surface area contributed by atoms with Gasteiger partial charge in [-0.05, 0) is 12.8 Å². The van der Waals surface area contributed by atoms with Crippen LogP contribution in [-0.4, -0.2) is 78.6 Å². The van der Waals surface area contributed by atoms with Gasteiger partial charge in [-0.15, -0.1) is 0 Å². The van der Waals surface area contributed by atoms with E-state index in [-0.39, 0.29) is 12.6 Å². The molecule has 2 aliphatic rings. The molecule has 128 valence electrons. The van der Waals surface area contributed by atoms with Gasteiger partial charge in [-0.1, -0.05) is 0 Å². The lowest BCUT2D eigenvalue weighted by molar-refractivity contribution is 0.0115. The number of hydrogen-bond donors (Lipinski definition) is 3. The molecule has 4 N–H and O–H groups in total. The highest BCUT2D eigenvalue weighted by atomic mass is 16.5. The van der Waals surface area contributed by atoms with E-state index in [0.717, 1.165) is 58.1 Å². The van der Waals surface area contributed by atoms with Crippen molar-refractivity contribution in [2.75, 3.05) is 68.5 Å². The first-order valence-corrected chi connectivity index (χ1v) is 8.32. The van der Waals surface area contributed by atoms with E-state index in [1.807, 2.05) is 6.07 Å². The molecule has 0 aromatic carbocycles. The van der Waals surface area contributed by atoms with Gasteiger partial charge in [0, 0.05) is 44.8 Å². The second kappa shape index (κ2) is 7.76. The Hall–Kier alpha value is -1.64. The first-order chi connectivity index (χ1) is 11.3. The number of aliphatic hydroxyl groups excluding tert-OH is 1. The average Bonchev–Trinajstić information content (AvgIpc) is 2.60. The molecule has 2 saturated heterocycles. The van der Waals surface area contributed by atoms with Crippen LogP contribution in [0.2, 0.25) is 0 Å². The van der Waals surface area contributed by atoms with E-state index in [1.165, 1.54) is 0 Å². The van der Waals surface area contributed by atoms with Crippen molar-refractivity contribution in [3.8, 4) is 0 Å². The Morgan fingerprint density at radius 3 is 2.65 bits per heavy atom. The summed E-state index contributed by atoms with van der Waals surface area (Å²) in [7, 11) is 0. The smallest absolute Gasteiger partial charge is 0.223 e. The minimum Gasteiger partial charge on any atom is -0.395 e. The summed E-state index contributed by atoms with van der Waals surface area (Å²) in [6.45, 7) is 6.24. The van der Waals surface area contributed by atoms with E-state index in [9.17, 15) is 0 Å². The van der Waals surface area contributed by atoms with E-state index < -0.39 is 0 Å². The summed E-state index contributed by atoms with van der Waals surface area (Å²) >= 11 is 0. The summed E-state index contributed by atoms with van der Waals surface area (Å²) in [6.07, 6.45) is 2.26. The quantitative estimate of drug-likeness (QED) is 0.683. The van der Waals surface area contributed by atoms with Crippen molar-refractivity contribution in [1.82, 2.24) is 14.9 Å². The standard InChI is InChI=1S/C15H26N6O2/c16-15-18-13(17-3-8-22)11-14(19-15)21-4-1-12(2-5-21)20-6-9-23-10-7-20/h11-12,22H,1-10H2,(H3,16,17,18,19). The van der Waals surface area contributed by atoms with Gasteiger partial charge in [0.25, 0.3) is 0 Å². The van der Waals surface area contributed by atoms with Crippen molar-refractivity contribution in [2.45, 2.75) is 18.9 Å². The Bertz CT molecular complexity index is 501. The van der Waals surface area contributed by atoms with Gasteiger partial charge in [0.05, 0.1) is 19.8 Å². The van der Waals surface area contributed by atoms with Crippen LogP contribution in [-0.2, 0) is 4.74 Å². The largest absolute Gasteiger partial charge is 0.395 e. The molecule has 0 atom stereocenters. The molecular weight excluding hydrogens is 296 g/mol. The lowest BCUT2D eigenvalue weighted by Crippen LogP contribution is -2.49. The molecule has 0 radical (unpaired) electrons. The van der Waals surface area contributed by atoms with Gasteiger partial charge < -0.3 is 25.8 Å². The number of rotatable bonds is 5. The summed E-state index contributed by atoms with van der Waals surface area (Å²) in [5.41, 5.74) is 5.81. The van der Waals surface area contributed by atoms with Crippen LogP contribution in [0.1, 0.15) is 12.8 Å². The molecule has 23 heavy (non-hydrogen) atoms. The monoisotopic (exact) mass is 322 g/mol. The zero-order chi connectivity index (χ0) is 16.1. The number of anilines is 3. The van der Waals surface area contributed by atoms with Gasteiger partial charge in [-0.25, -0.2) is 0 Å². The molecule has 3 heterocycles. The van der Waals surface area contributed by atoms with Crippen molar-refractivity contribution >= 4 is 17.6 Å². The van der Waals surface area contributed by atoms with E-state index in [2.05, 4.69) is 25.1 Å². The lowest BCUT2D eigenvalue weighted by Gasteiger charge is -2.40. The molecule has 3 rings (SSSR count). The molecule has 1 aromatic heterocycles. The molecule has 0 unspecified atom stereocenters. The second-order valence-corrected chi connectivity index (χ2v) is 5.99. The van der Waals surface area contributed by atoms with Crippen LogP contribution in [0.5, 0.6) is 0 Å². The zero-order valence-corrected chi connectivity index (χ0v) is 13.4. The summed E-state index contributed by atoms with van der Waals surface area (Å²) in [6, 6.07) is 2.54. The van der Waals surface area contributed by atoms with Crippen molar-refractivity contribution in [1.29, 1.82) is 0 Å². The van der Waals surface area contributed by atoms with Gasteiger partial charge in [0.15, 0.2) is 0 Å². The van der Waals surface area contributed by atoms with Crippen LogP contribution in [0.25, 0.3) is 0 Å². The topological polar surface area (TPSA) is 99.8 Å². The van der Waals surface area contributed by atoms with Gasteiger partial charge in [0.2, 0.25) is 5.95 Å². The van der Waals surface area contributed by atoms with Crippen LogP contribution in [0.3, 0.4) is 0 Å². The van der Waals surface area contributed by atoms with Crippen LogP contribution < -0.4 is 16.0 Å². The number of nitrogen functional groups attached to an aromatic ring is 1. The number of nitrogens with one attached hydrogen (secondary N) is 1. The number of ether oxygens (including phenoxy) is 1. The average molecular weight is 322 g/mol. The Morgan fingerprint density at radius 2 is 1.96 bits per heavy atom. The molecule has 0 saturated carbocycles. The van der Waals surface area contributed by atoms with Crippen LogP contribution >= 0.6 is 0 Å². The number of aliphatic hydroxyl groups is 1. The van der Waals surface area contributed by atoms with Crippen LogP contribution in [0, 0.1) is 0 Å². The van der Waals surface area contributed by atoms with E-state index in [0.29, 0.717) is 18.4 Å². The number of morpholine rings is 1. The Kier molecular flexibility index (Phi) is 5.47. The predicted octanol–water partition coefficient (Wildman–Crippen LogP) is -0.236. The second-order valence-electron chi connectivity index (χ2n) is 5.99. The van der Waals surface area contributed by atoms with Crippen molar-refractivity contribution in [3.63, 3.8) is 0 Å². The number of nitrogens with zero attached hydrogens (tertiary/aromatic N) is 4. The molecule has 2 aliphatic heterocycles. The third-order valence-corrected chi connectivity index (χ3v) is 4.50. The fraction of sp³-hybridized carbons (Fsp3) is 0.733. The first-order valence-electron chi connectivity index (χ1n) is 8.32. The SMILES string of the molecule is Nc1nc(NCCO)cc(N2CCC(N3CCOCC3)CC2)n1. The van der Waals surface area contributed by atoms with E-state index in [1.54, 1.807) is 0 Å². The molecular formula is C15H26N6O2. The fourth-order valence-corrected chi connectivity index (χ4v) is 3.29. The molecule has 8 heteroatoms. The van der Waals surface area contributed by atoms with Gasteiger partial charge in [-0.3, -0.25) is 4.90 Å². The van der Waals surface area contributed by atoms with Crippen molar-refractivity contribution < 1.29 is 9.84 Å². The highest BCUT2D eigenvalue weighted by Gasteiger charge is 2.26. The molecule has 0 amide bonds. The maximum atomic E-state index is 8.91. The summed E-state index contributed by atoms with van der Waals surface area (Å²) < 4.78 is 5.43. The minimum atomic E-state index is 0.0597. The lowest BCUT2D eigenvalue weighted by atomic mass is 10.0. The van der Waals surface area contributed by atoms with Crippen LogP contribution in [0.15, 0.2) is 6.07 Å². The van der Waals surface area contributed by atoms with Crippen molar-refractivity contribution in [3.05, 3.63) is 6.07 Å². The summed E-state index contributed by atoms with van der Waals surface area (Å²) in [4.78, 5) is 13.3. The van der Waals surface area contributed by atoms with Crippen LogP contribution in [0.4, 0.5) is 17.6 Å². The predicted molar refractivity (Wildman–Crippen MR) is 89.6 cm³/mol. The number of hydrogen-bond acceptors (Lipinski definition) is 8. The Morgan fingerprint density at radius 1 is 1.22 bits per heavy atom. The Labute approximate surface area is 136 Å². The van der Waals surface area contributed by atoms with E-state index in [4.69, 9.17) is 15.6 Å². The molecule has 0 bridgehead atoms. The summed E-state index contributed by atoms with van der Waals surface area (Å²) in [5.74, 6) is 1.79. The maximum Gasteiger partial charge on any atom is 0.223 e. The van der Waals surface area contributed by atoms with E-state index >= 15 is 0 Å². The maximum absolute atomic E-state index is 8.91. The highest BCUT2D eigenvalue weighted by Crippen LogP contribution is 2.24. The molecule has 2 fully saturated rings. The van der Waals surface area contributed by atoms with Gasteiger partial charge >= 0.3 is 0 Å². The van der Waals surface area contributed by atoms with Crippen molar-refractivity contribution in [2.24, 2.45) is 0 Å². The third-order valence-electron chi connectivity index (χ3n) is 4.50. The molecule has 0 aliphatic carbocycles. The normalized spacial score (nSPS) is 20.7. The molecule has 8 nitrogen and oxygen atoms in total.